The zero-order valence-electron chi connectivity index (χ0n) is 14.9. The molecule has 1 aliphatic heterocycles. The topological polar surface area (TPSA) is 59.6 Å². The highest BCUT2D eigenvalue weighted by Crippen LogP contribution is 2.22. The van der Waals surface area contributed by atoms with Gasteiger partial charge in [0.15, 0.2) is 5.60 Å². The second-order valence-corrected chi connectivity index (χ2v) is 6.68. The van der Waals surface area contributed by atoms with Crippen LogP contribution in [-0.2, 0) is 24.4 Å². The number of carbonyl (C=O) groups excluding carboxylic acids is 1. The van der Waals surface area contributed by atoms with Gasteiger partial charge in [0.05, 0.1) is 7.11 Å². The fraction of sp³-hybridized carbons (Fsp3) is 0.350. The fourth-order valence-corrected chi connectivity index (χ4v) is 2.84. The van der Waals surface area contributed by atoms with E-state index in [9.17, 15) is 4.79 Å². The van der Waals surface area contributed by atoms with Gasteiger partial charge in [-0.1, -0.05) is 18.2 Å². The van der Waals surface area contributed by atoms with Crippen molar-refractivity contribution in [2.45, 2.75) is 39.1 Å². The van der Waals surface area contributed by atoms with Crippen LogP contribution in [0.1, 0.15) is 30.5 Å². The van der Waals surface area contributed by atoms with Gasteiger partial charge in [-0.2, -0.15) is 0 Å². The molecule has 0 radical (unpaired) electrons. The lowest BCUT2D eigenvalue weighted by Crippen LogP contribution is -2.46. The second kappa shape index (κ2) is 7.15. The number of ether oxygens (including phenoxy) is 2. The second-order valence-electron chi connectivity index (χ2n) is 6.68. The molecule has 0 fully saturated rings. The Morgan fingerprint density at radius 1 is 1.08 bits per heavy atom. The van der Waals surface area contributed by atoms with Crippen molar-refractivity contribution in [3.8, 4) is 11.5 Å². The first kappa shape index (κ1) is 17.3. The van der Waals surface area contributed by atoms with E-state index in [4.69, 9.17) is 9.47 Å². The monoisotopic (exact) mass is 340 g/mol. The molecule has 0 saturated heterocycles. The van der Waals surface area contributed by atoms with Crippen LogP contribution in [0.4, 0.5) is 0 Å². The van der Waals surface area contributed by atoms with Crippen LogP contribution in [0, 0.1) is 0 Å². The van der Waals surface area contributed by atoms with Gasteiger partial charge in [-0.15, -0.1) is 0 Å². The first-order valence-electron chi connectivity index (χ1n) is 8.41. The molecule has 2 aromatic rings. The minimum atomic E-state index is -0.965. The van der Waals surface area contributed by atoms with Gasteiger partial charge >= 0.3 is 0 Å². The first-order chi connectivity index (χ1) is 12.0. The van der Waals surface area contributed by atoms with E-state index in [2.05, 4.69) is 28.8 Å². The largest absolute Gasteiger partial charge is 0.497 e. The van der Waals surface area contributed by atoms with Crippen LogP contribution in [0.15, 0.2) is 42.5 Å². The Labute approximate surface area is 148 Å². The van der Waals surface area contributed by atoms with Crippen molar-refractivity contribution in [2.75, 3.05) is 7.11 Å². The number of fused-ring (bicyclic) bond motifs is 1. The number of carbonyl (C=O) groups is 1. The molecule has 1 amide bonds. The molecule has 3 rings (SSSR count). The van der Waals surface area contributed by atoms with Gasteiger partial charge in [0.2, 0.25) is 0 Å². The third-order valence-corrected chi connectivity index (χ3v) is 4.33. The Morgan fingerprint density at radius 3 is 2.48 bits per heavy atom. The van der Waals surface area contributed by atoms with Crippen molar-refractivity contribution in [3.05, 3.63) is 59.2 Å². The molecule has 0 spiro atoms. The summed E-state index contributed by atoms with van der Waals surface area (Å²) in [7, 11) is 1.61. The third kappa shape index (κ3) is 4.12. The highest BCUT2D eigenvalue weighted by atomic mass is 16.5. The van der Waals surface area contributed by atoms with Crippen molar-refractivity contribution in [1.82, 2.24) is 10.6 Å². The number of hydrogen-bond donors (Lipinski definition) is 2. The number of rotatable bonds is 6. The standard InChI is InChI=1S/C20H24N2O3/c1-20(2,25-18-8-6-17(24-3)7-9-18)19(23)22-11-14-4-5-15-12-21-13-16(15)10-14/h4-10,21H,11-13H2,1-3H3,(H,22,23). The Hall–Kier alpha value is -2.53. The van der Waals surface area contributed by atoms with E-state index in [1.54, 1.807) is 33.1 Å². The molecule has 0 unspecified atom stereocenters. The van der Waals surface area contributed by atoms with Crippen LogP contribution in [0.3, 0.4) is 0 Å². The van der Waals surface area contributed by atoms with Crippen LogP contribution in [-0.4, -0.2) is 18.6 Å². The van der Waals surface area contributed by atoms with E-state index < -0.39 is 5.60 Å². The molecular weight excluding hydrogens is 316 g/mol. The van der Waals surface area contributed by atoms with Gasteiger partial charge < -0.3 is 20.1 Å². The van der Waals surface area contributed by atoms with Crippen molar-refractivity contribution in [2.24, 2.45) is 0 Å². The summed E-state index contributed by atoms with van der Waals surface area (Å²) in [5.41, 5.74) is 2.77. The number of methoxy groups -OCH3 is 1. The lowest BCUT2D eigenvalue weighted by atomic mass is 10.1. The molecule has 1 heterocycles. The summed E-state index contributed by atoms with van der Waals surface area (Å²) in [4.78, 5) is 12.5. The predicted octanol–water partition coefficient (Wildman–Crippen LogP) is 2.77. The highest BCUT2D eigenvalue weighted by molar-refractivity contribution is 5.84. The van der Waals surface area contributed by atoms with Crippen molar-refractivity contribution in [3.63, 3.8) is 0 Å². The number of amides is 1. The van der Waals surface area contributed by atoms with Crippen LogP contribution >= 0.6 is 0 Å². The Balaban J connectivity index is 1.59. The molecular formula is C20H24N2O3. The maximum Gasteiger partial charge on any atom is 0.263 e. The Morgan fingerprint density at radius 2 is 1.76 bits per heavy atom. The van der Waals surface area contributed by atoms with Gasteiger partial charge in [-0.05, 0) is 54.8 Å². The maximum absolute atomic E-state index is 12.5. The summed E-state index contributed by atoms with van der Waals surface area (Å²) < 4.78 is 11.0. The lowest BCUT2D eigenvalue weighted by molar-refractivity contribution is -0.134. The summed E-state index contributed by atoms with van der Waals surface area (Å²) in [5, 5.41) is 6.29. The molecule has 5 nitrogen and oxygen atoms in total. The molecule has 5 heteroatoms. The number of hydrogen-bond acceptors (Lipinski definition) is 4. The minimum Gasteiger partial charge on any atom is -0.497 e. The van der Waals surface area contributed by atoms with E-state index in [-0.39, 0.29) is 5.91 Å². The number of benzene rings is 2. The smallest absolute Gasteiger partial charge is 0.263 e. The Kier molecular flexibility index (Phi) is 4.95. The van der Waals surface area contributed by atoms with Crippen LogP contribution in [0.2, 0.25) is 0 Å². The van der Waals surface area contributed by atoms with Crippen LogP contribution < -0.4 is 20.1 Å². The molecule has 1 aliphatic rings. The first-order valence-corrected chi connectivity index (χ1v) is 8.41. The molecule has 0 atom stereocenters. The zero-order chi connectivity index (χ0) is 17.9. The summed E-state index contributed by atoms with van der Waals surface area (Å²) in [6.45, 7) is 5.83. The van der Waals surface area contributed by atoms with E-state index in [0.717, 1.165) is 24.4 Å². The van der Waals surface area contributed by atoms with E-state index in [0.29, 0.717) is 12.3 Å². The van der Waals surface area contributed by atoms with Crippen molar-refractivity contribution in [1.29, 1.82) is 0 Å². The van der Waals surface area contributed by atoms with Gasteiger partial charge in [-0.3, -0.25) is 4.79 Å². The maximum atomic E-state index is 12.5. The zero-order valence-corrected chi connectivity index (χ0v) is 14.9. The summed E-state index contributed by atoms with van der Waals surface area (Å²) in [5.74, 6) is 1.23. The highest BCUT2D eigenvalue weighted by Gasteiger charge is 2.29. The molecule has 0 bridgehead atoms. The van der Waals surface area contributed by atoms with Crippen molar-refractivity contribution >= 4 is 5.91 Å². The number of nitrogens with one attached hydrogen (secondary N) is 2. The van der Waals surface area contributed by atoms with Crippen LogP contribution in [0.5, 0.6) is 11.5 Å². The SMILES string of the molecule is COc1ccc(OC(C)(C)C(=O)NCc2ccc3c(c2)CNC3)cc1. The van der Waals surface area contributed by atoms with Gasteiger partial charge in [0.25, 0.3) is 5.91 Å². The minimum absolute atomic E-state index is 0.151. The third-order valence-electron chi connectivity index (χ3n) is 4.33. The molecule has 2 N–H and O–H groups in total. The van der Waals surface area contributed by atoms with Gasteiger partial charge in [-0.25, -0.2) is 0 Å². The molecule has 132 valence electrons. The van der Waals surface area contributed by atoms with E-state index in [1.165, 1.54) is 11.1 Å². The summed E-state index contributed by atoms with van der Waals surface area (Å²) in [6, 6.07) is 13.5. The molecule has 0 saturated carbocycles. The predicted molar refractivity (Wildman–Crippen MR) is 96.5 cm³/mol. The van der Waals surface area contributed by atoms with Gasteiger partial charge in [0, 0.05) is 19.6 Å². The fourth-order valence-electron chi connectivity index (χ4n) is 2.84. The van der Waals surface area contributed by atoms with Crippen molar-refractivity contribution < 1.29 is 14.3 Å². The average Bonchev–Trinajstić information content (AvgIpc) is 3.07. The molecule has 0 aromatic heterocycles. The molecule has 2 aromatic carbocycles. The summed E-state index contributed by atoms with van der Waals surface area (Å²) >= 11 is 0. The normalized spacial score (nSPS) is 13.2. The molecule has 0 aliphatic carbocycles. The molecule has 25 heavy (non-hydrogen) atoms. The quantitative estimate of drug-likeness (QED) is 0.849. The Bertz CT molecular complexity index is 754. The van der Waals surface area contributed by atoms with Gasteiger partial charge in [0.1, 0.15) is 11.5 Å². The summed E-state index contributed by atoms with van der Waals surface area (Å²) in [6.07, 6.45) is 0. The van der Waals surface area contributed by atoms with E-state index in [1.807, 2.05) is 12.1 Å². The average molecular weight is 340 g/mol. The van der Waals surface area contributed by atoms with Crippen LogP contribution in [0.25, 0.3) is 0 Å². The lowest BCUT2D eigenvalue weighted by Gasteiger charge is -2.25. The van der Waals surface area contributed by atoms with E-state index >= 15 is 0 Å².